The predicted octanol–water partition coefficient (Wildman–Crippen LogP) is 1.16. The quantitative estimate of drug-likeness (QED) is 0.628. The maximum Gasteiger partial charge on any atom is 0.326 e. The number of amides is 2. The van der Waals surface area contributed by atoms with E-state index >= 15 is 0 Å². The van der Waals surface area contributed by atoms with Gasteiger partial charge >= 0.3 is 11.9 Å². The van der Waals surface area contributed by atoms with E-state index in [2.05, 4.69) is 5.32 Å². The van der Waals surface area contributed by atoms with Gasteiger partial charge in [0.1, 0.15) is 12.3 Å². The first-order chi connectivity index (χ1) is 14.3. The predicted molar refractivity (Wildman–Crippen MR) is 107 cm³/mol. The first-order valence-electron chi connectivity index (χ1n) is 9.92. The number of carbonyl (C=O) groups is 4. The summed E-state index contributed by atoms with van der Waals surface area (Å²) in [7, 11) is 1.52. The summed E-state index contributed by atoms with van der Waals surface area (Å²) in [6.45, 7) is 4.03. The van der Waals surface area contributed by atoms with Crippen LogP contribution in [-0.4, -0.2) is 68.1 Å². The van der Waals surface area contributed by atoms with Gasteiger partial charge in [0.25, 0.3) is 11.8 Å². The third-order valence-electron chi connectivity index (χ3n) is 4.83. The second kappa shape index (κ2) is 11.2. The molecule has 1 unspecified atom stereocenters. The number of benzene rings is 1. The fourth-order valence-corrected chi connectivity index (χ4v) is 3.14. The van der Waals surface area contributed by atoms with Crippen LogP contribution in [0.4, 0.5) is 0 Å². The van der Waals surface area contributed by atoms with Crippen molar-refractivity contribution in [1.29, 1.82) is 0 Å². The summed E-state index contributed by atoms with van der Waals surface area (Å²) in [4.78, 5) is 49.9. The summed E-state index contributed by atoms with van der Waals surface area (Å²) in [5.41, 5.74) is 0.372. The highest BCUT2D eigenvalue weighted by atomic mass is 16.5. The number of likely N-dealkylation sites (tertiary alicyclic amines) is 1. The van der Waals surface area contributed by atoms with Gasteiger partial charge in [-0.2, -0.15) is 0 Å². The number of carbonyl (C=O) groups excluding carboxylic acids is 4. The van der Waals surface area contributed by atoms with Crippen LogP contribution in [0.2, 0.25) is 0 Å². The van der Waals surface area contributed by atoms with Crippen molar-refractivity contribution in [1.82, 2.24) is 10.2 Å². The van der Waals surface area contributed by atoms with Gasteiger partial charge in [0.15, 0.2) is 6.10 Å². The summed E-state index contributed by atoms with van der Waals surface area (Å²) in [6, 6.07) is 6.43. The van der Waals surface area contributed by atoms with Crippen molar-refractivity contribution in [3.8, 4) is 5.75 Å². The molecule has 9 nitrogen and oxygen atoms in total. The third-order valence-corrected chi connectivity index (χ3v) is 4.83. The first-order valence-corrected chi connectivity index (χ1v) is 9.92. The molecule has 1 aromatic rings. The van der Waals surface area contributed by atoms with Gasteiger partial charge in [0, 0.05) is 18.7 Å². The van der Waals surface area contributed by atoms with Gasteiger partial charge in [0.05, 0.1) is 19.6 Å². The molecule has 0 bridgehead atoms. The number of hydrogen-bond donors (Lipinski definition) is 1. The monoisotopic (exact) mass is 420 g/mol. The maximum atomic E-state index is 12.5. The summed E-state index contributed by atoms with van der Waals surface area (Å²) in [6.07, 6.45) is 0.0568. The molecule has 1 aliphatic heterocycles. The number of methoxy groups -OCH3 is 1. The number of hydrogen-bond acceptors (Lipinski definition) is 7. The van der Waals surface area contributed by atoms with Crippen LogP contribution < -0.4 is 10.1 Å². The highest BCUT2D eigenvalue weighted by Crippen LogP contribution is 2.19. The van der Waals surface area contributed by atoms with Gasteiger partial charge < -0.3 is 24.4 Å². The molecule has 2 rings (SSSR count). The summed E-state index contributed by atoms with van der Waals surface area (Å²) < 4.78 is 15.2. The van der Waals surface area contributed by atoms with Crippen molar-refractivity contribution < 1.29 is 33.4 Å². The van der Waals surface area contributed by atoms with Crippen LogP contribution in [0.15, 0.2) is 24.3 Å². The molecular formula is C21H28N2O7. The molecule has 164 valence electrons. The summed E-state index contributed by atoms with van der Waals surface area (Å²) >= 11 is 0. The standard InChI is InChI=1S/C21H28N2O7/c1-4-29-21(27)16-9-11-23(12-10-16)20(26)14(2)30-18(24)13-22-19(25)15-5-7-17(28-3)8-6-15/h5-8,14,16H,4,9-13H2,1-3H3,(H,22,25). The van der Waals surface area contributed by atoms with Crippen LogP contribution in [0.5, 0.6) is 5.75 Å². The highest BCUT2D eigenvalue weighted by Gasteiger charge is 2.31. The molecule has 9 heteroatoms. The molecule has 0 aliphatic carbocycles. The maximum absolute atomic E-state index is 12.5. The van der Waals surface area contributed by atoms with Crippen molar-refractivity contribution >= 4 is 23.8 Å². The van der Waals surface area contributed by atoms with Crippen LogP contribution >= 0.6 is 0 Å². The smallest absolute Gasteiger partial charge is 0.326 e. The lowest BCUT2D eigenvalue weighted by Crippen LogP contribution is -2.46. The number of nitrogens with zero attached hydrogens (tertiary/aromatic N) is 1. The minimum atomic E-state index is -0.977. The minimum absolute atomic E-state index is 0.208. The van der Waals surface area contributed by atoms with E-state index in [9.17, 15) is 19.2 Å². The molecule has 2 amide bonds. The Morgan fingerprint density at radius 3 is 2.33 bits per heavy atom. The Hall–Kier alpha value is -3.10. The molecule has 0 saturated carbocycles. The molecule has 1 atom stereocenters. The number of piperidine rings is 1. The second-order valence-electron chi connectivity index (χ2n) is 6.89. The Bertz CT molecular complexity index is 755. The van der Waals surface area contributed by atoms with E-state index in [0.29, 0.717) is 43.9 Å². The lowest BCUT2D eigenvalue weighted by Gasteiger charge is -2.32. The van der Waals surface area contributed by atoms with Gasteiger partial charge in [-0.1, -0.05) is 0 Å². The van der Waals surface area contributed by atoms with Gasteiger partial charge in [-0.15, -0.1) is 0 Å². The average Bonchev–Trinajstić information content (AvgIpc) is 2.77. The van der Waals surface area contributed by atoms with Gasteiger partial charge in [-0.3, -0.25) is 19.2 Å². The van der Waals surface area contributed by atoms with Gasteiger partial charge in [-0.05, 0) is 51.0 Å². The molecule has 1 saturated heterocycles. The fourth-order valence-electron chi connectivity index (χ4n) is 3.14. The largest absolute Gasteiger partial charge is 0.497 e. The topological polar surface area (TPSA) is 111 Å². The summed E-state index contributed by atoms with van der Waals surface area (Å²) in [5.74, 6) is -1.30. The van der Waals surface area contributed by atoms with Crippen LogP contribution in [-0.2, 0) is 23.9 Å². The molecule has 1 fully saturated rings. The first kappa shape index (κ1) is 23.2. The Morgan fingerprint density at radius 1 is 1.13 bits per heavy atom. The Balaban J connectivity index is 1.74. The molecule has 1 aromatic carbocycles. The minimum Gasteiger partial charge on any atom is -0.497 e. The molecular weight excluding hydrogens is 392 g/mol. The van der Waals surface area contributed by atoms with E-state index < -0.39 is 18.0 Å². The molecule has 1 aliphatic rings. The van der Waals surface area contributed by atoms with E-state index in [1.54, 1.807) is 36.1 Å². The van der Waals surface area contributed by atoms with Gasteiger partial charge in [-0.25, -0.2) is 0 Å². The second-order valence-corrected chi connectivity index (χ2v) is 6.89. The molecule has 0 aromatic heterocycles. The van der Waals surface area contributed by atoms with Gasteiger partial charge in [0.2, 0.25) is 0 Å². The van der Waals surface area contributed by atoms with E-state index in [4.69, 9.17) is 14.2 Å². The normalized spacial score (nSPS) is 15.1. The lowest BCUT2D eigenvalue weighted by atomic mass is 9.97. The summed E-state index contributed by atoms with van der Waals surface area (Å²) in [5, 5.41) is 2.46. The van der Waals surface area contributed by atoms with Crippen molar-refractivity contribution in [3.63, 3.8) is 0 Å². The number of nitrogens with one attached hydrogen (secondary N) is 1. The molecule has 0 spiro atoms. The van der Waals surface area contributed by atoms with E-state index in [1.807, 2.05) is 0 Å². The SMILES string of the molecule is CCOC(=O)C1CCN(C(=O)C(C)OC(=O)CNC(=O)c2ccc(OC)cc2)CC1. The molecule has 30 heavy (non-hydrogen) atoms. The van der Waals surface area contributed by atoms with Crippen molar-refractivity contribution in [2.75, 3.05) is 33.4 Å². The van der Waals surface area contributed by atoms with E-state index in [1.165, 1.54) is 14.0 Å². The molecule has 1 N–H and O–H groups in total. The van der Waals surface area contributed by atoms with Crippen molar-refractivity contribution in [2.24, 2.45) is 5.92 Å². The molecule has 1 heterocycles. The Morgan fingerprint density at radius 2 is 1.77 bits per heavy atom. The Labute approximate surface area is 175 Å². The molecule has 0 radical (unpaired) electrons. The Kier molecular flexibility index (Phi) is 8.64. The fraction of sp³-hybridized carbons (Fsp3) is 0.524. The van der Waals surface area contributed by atoms with Crippen LogP contribution in [0.3, 0.4) is 0 Å². The zero-order chi connectivity index (χ0) is 22.1. The highest BCUT2D eigenvalue weighted by molar-refractivity contribution is 5.96. The zero-order valence-corrected chi connectivity index (χ0v) is 17.5. The average molecular weight is 420 g/mol. The third kappa shape index (κ3) is 6.47. The van der Waals surface area contributed by atoms with Crippen LogP contribution in [0, 0.1) is 5.92 Å². The van der Waals surface area contributed by atoms with E-state index in [-0.39, 0.29) is 24.3 Å². The van der Waals surface area contributed by atoms with Crippen LogP contribution in [0.25, 0.3) is 0 Å². The number of ether oxygens (including phenoxy) is 3. The lowest BCUT2D eigenvalue weighted by molar-refractivity contribution is -0.160. The van der Waals surface area contributed by atoms with E-state index in [0.717, 1.165) is 0 Å². The van der Waals surface area contributed by atoms with Crippen molar-refractivity contribution in [3.05, 3.63) is 29.8 Å². The van der Waals surface area contributed by atoms with Crippen molar-refractivity contribution in [2.45, 2.75) is 32.8 Å². The van der Waals surface area contributed by atoms with Crippen LogP contribution in [0.1, 0.15) is 37.0 Å². The zero-order valence-electron chi connectivity index (χ0n) is 17.5. The number of rotatable bonds is 8. The number of esters is 2.